The van der Waals surface area contributed by atoms with Crippen LogP contribution in [-0.2, 0) is 11.2 Å². The molecule has 2 heterocycles. The van der Waals surface area contributed by atoms with Crippen molar-refractivity contribution in [3.63, 3.8) is 0 Å². The number of thiazole rings is 1. The van der Waals surface area contributed by atoms with Crippen molar-refractivity contribution in [2.24, 2.45) is 0 Å². The van der Waals surface area contributed by atoms with E-state index < -0.39 is 0 Å². The lowest BCUT2D eigenvalue weighted by Crippen LogP contribution is -2.28. The maximum atomic E-state index is 12.5. The SMILES string of the molecule is COc1ccc(OC)c([C@H]2CCN(C(=O)CCc3csc(N)n3)C2)c1. The molecule has 6 nitrogen and oxygen atoms in total. The van der Waals surface area contributed by atoms with E-state index in [-0.39, 0.29) is 11.8 Å². The molecule has 1 aromatic heterocycles. The Morgan fingerprint density at radius 1 is 1.40 bits per heavy atom. The Balaban J connectivity index is 1.62. The summed E-state index contributed by atoms with van der Waals surface area (Å²) < 4.78 is 10.8. The van der Waals surface area contributed by atoms with Crippen molar-refractivity contribution in [1.82, 2.24) is 9.88 Å². The topological polar surface area (TPSA) is 77.7 Å². The number of hydrogen-bond acceptors (Lipinski definition) is 6. The molecule has 134 valence electrons. The van der Waals surface area contributed by atoms with E-state index in [1.54, 1.807) is 14.2 Å². The molecule has 0 spiro atoms. The van der Waals surface area contributed by atoms with Crippen LogP contribution in [0.4, 0.5) is 5.13 Å². The highest BCUT2D eigenvalue weighted by atomic mass is 32.1. The Bertz CT molecular complexity index is 747. The summed E-state index contributed by atoms with van der Waals surface area (Å²) in [5.41, 5.74) is 7.62. The van der Waals surface area contributed by atoms with Crippen molar-refractivity contribution < 1.29 is 14.3 Å². The van der Waals surface area contributed by atoms with E-state index in [2.05, 4.69) is 4.98 Å². The van der Waals surface area contributed by atoms with Gasteiger partial charge in [0.05, 0.1) is 19.9 Å². The third-order valence-electron chi connectivity index (χ3n) is 4.58. The van der Waals surface area contributed by atoms with Gasteiger partial charge in [0.15, 0.2) is 5.13 Å². The molecule has 3 rings (SSSR count). The fourth-order valence-electron chi connectivity index (χ4n) is 3.23. The molecule has 25 heavy (non-hydrogen) atoms. The first-order valence-electron chi connectivity index (χ1n) is 8.30. The predicted molar refractivity (Wildman–Crippen MR) is 98.3 cm³/mol. The molecule has 1 atom stereocenters. The van der Waals surface area contributed by atoms with Gasteiger partial charge in [0.25, 0.3) is 0 Å². The quantitative estimate of drug-likeness (QED) is 0.856. The van der Waals surface area contributed by atoms with E-state index in [9.17, 15) is 4.79 Å². The van der Waals surface area contributed by atoms with Gasteiger partial charge < -0.3 is 20.1 Å². The summed E-state index contributed by atoms with van der Waals surface area (Å²) in [6.45, 7) is 1.48. The second-order valence-corrected chi connectivity index (χ2v) is 7.00. The minimum Gasteiger partial charge on any atom is -0.497 e. The van der Waals surface area contributed by atoms with Crippen LogP contribution in [0, 0.1) is 0 Å². The third-order valence-corrected chi connectivity index (χ3v) is 5.30. The molecular weight excluding hydrogens is 338 g/mol. The van der Waals surface area contributed by atoms with Crippen LogP contribution in [0.3, 0.4) is 0 Å². The molecule has 1 fully saturated rings. The third kappa shape index (κ3) is 4.04. The van der Waals surface area contributed by atoms with Gasteiger partial charge in [-0.05, 0) is 31.0 Å². The number of aromatic nitrogens is 1. The number of rotatable bonds is 6. The van der Waals surface area contributed by atoms with Gasteiger partial charge in [-0.3, -0.25) is 4.79 Å². The van der Waals surface area contributed by atoms with Crippen molar-refractivity contribution in [3.8, 4) is 11.5 Å². The molecule has 1 aliphatic rings. The molecule has 1 aromatic carbocycles. The number of nitrogen functional groups attached to an aromatic ring is 1. The van der Waals surface area contributed by atoms with E-state index in [4.69, 9.17) is 15.2 Å². The van der Waals surface area contributed by atoms with Gasteiger partial charge in [-0.25, -0.2) is 4.98 Å². The summed E-state index contributed by atoms with van der Waals surface area (Å²) in [5.74, 6) is 2.08. The Morgan fingerprint density at radius 2 is 2.24 bits per heavy atom. The number of nitrogens with two attached hydrogens (primary N) is 1. The van der Waals surface area contributed by atoms with Crippen molar-refractivity contribution in [3.05, 3.63) is 34.8 Å². The van der Waals surface area contributed by atoms with Crippen LogP contribution in [0.15, 0.2) is 23.6 Å². The largest absolute Gasteiger partial charge is 0.497 e. The fraction of sp³-hybridized carbons (Fsp3) is 0.444. The zero-order chi connectivity index (χ0) is 17.8. The molecular formula is C18H23N3O3S. The molecule has 0 aliphatic carbocycles. The van der Waals surface area contributed by atoms with Gasteiger partial charge in [0, 0.05) is 36.4 Å². The molecule has 1 aliphatic heterocycles. The zero-order valence-electron chi connectivity index (χ0n) is 14.5. The normalized spacial score (nSPS) is 16.9. The average molecular weight is 361 g/mol. The molecule has 0 radical (unpaired) electrons. The maximum absolute atomic E-state index is 12.5. The van der Waals surface area contributed by atoms with Gasteiger partial charge in [-0.15, -0.1) is 11.3 Å². The number of ether oxygens (including phenoxy) is 2. The highest BCUT2D eigenvalue weighted by molar-refractivity contribution is 7.13. The molecule has 1 saturated heterocycles. The molecule has 2 aromatic rings. The second kappa shape index (κ2) is 7.74. The lowest BCUT2D eigenvalue weighted by molar-refractivity contribution is -0.130. The number of amides is 1. The highest BCUT2D eigenvalue weighted by Gasteiger charge is 2.29. The van der Waals surface area contributed by atoms with Crippen molar-refractivity contribution in [2.75, 3.05) is 33.0 Å². The fourth-order valence-corrected chi connectivity index (χ4v) is 3.83. The molecule has 2 N–H and O–H groups in total. The summed E-state index contributed by atoms with van der Waals surface area (Å²) >= 11 is 1.41. The number of benzene rings is 1. The lowest BCUT2D eigenvalue weighted by Gasteiger charge is -2.18. The van der Waals surface area contributed by atoms with Gasteiger partial charge in [0.2, 0.25) is 5.91 Å². The second-order valence-electron chi connectivity index (χ2n) is 6.11. The first-order chi connectivity index (χ1) is 12.1. The van der Waals surface area contributed by atoms with Crippen molar-refractivity contribution in [2.45, 2.75) is 25.2 Å². The first-order valence-corrected chi connectivity index (χ1v) is 9.18. The molecule has 0 unspecified atom stereocenters. The Morgan fingerprint density at radius 3 is 2.92 bits per heavy atom. The van der Waals surface area contributed by atoms with Gasteiger partial charge >= 0.3 is 0 Å². The minimum absolute atomic E-state index is 0.163. The van der Waals surface area contributed by atoms with Crippen molar-refractivity contribution in [1.29, 1.82) is 0 Å². The number of aryl methyl sites for hydroxylation is 1. The summed E-state index contributed by atoms with van der Waals surface area (Å²) in [7, 11) is 3.32. The van der Waals surface area contributed by atoms with E-state index in [0.717, 1.165) is 35.7 Å². The zero-order valence-corrected chi connectivity index (χ0v) is 15.3. The van der Waals surface area contributed by atoms with Crippen LogP contribution in [0.2, 0.25) is 0 Å². The molecule has 0 bridgehead atoms. The van der Waals surface area contributed by atoms with Crippen molar-refractivity contribution >= 4 is 22.4 Å². The van der Waals surface area contributed by atoms with E-state index in [0.29, 0.717) is 24.5 Å². The first kappa shape index (κ1) is 17.5. The molecule has 7 heteroatoms. The standard InChI is InChI=1S/C18H23N3O3S/c1-23-14-4-5-16(24-2)15(9-14)12-7-8-21(10-12)17(22)6-3-13-11-25-18(19)20-13/h4-5,9,11-12H,3,6-8,10H2,1-2H3,(H2,19,20)/t12-/m0/s1. The summed E-state index contributed by atoms with van der Waals surface area (Å²) in [5, 5.41) is 2.46. The van der Waals surface area contributed by atoms with Crippen LogP contribution >= 0.6 is 11.3 Å². The summed E-state index contributed by atoms with van der Waals surface area (Å²) in [6.07, 6.45) is 2.03. The number of carbonyl (C=O) groups is 1. The van der Waals surface area contributed by atoms with E-state index >= 15 is 0 Å². The summed E-state index contributed by atoms with van der Waals surface area (Å²) in [4.78, 5) is 18.6. The number of likely N-dealkylation sites (tertiary alicyclic amines) is 1. The van der Waals surface area contributed by atoms with Crippen LogP contribution in [0.25, 0.3) is 0 Å². The van der Waals surface area contributed by atoms with E-state index in [1.165, 1.54) is 11.3 Å². The van der Waals surface area contributed by atoms with Gasteiger partial charge in [-0.2, -0.15) is 0 Å². The maximum Gasteiger partial charge on any atom is 0.222 e. The summed E-state index contributed by atoms with van der Waals surface area (Å²) in [6, 6.07) is 5.82. The molecule has 0 saturated carbocycles. The van der Waals surface area contributed by atoms with Gasteiger partial charge in [0.1, 0.15) is 11.5 Å². The van der Waals surface area contributed by atoms with Gasteiger partial charge in [-0.1, -0.05) is 0 Å². The predicted octanol–water partition coefficient (Wildman–Crippen LogP) is 2.69. The molecule has 1 amide bonds. The number of anilines is 1. The Labute approximate surface area is 151 Å². The van der Waals surface area contributed by atoms with Crippen LogP contribution < -0.4 is 15.2 Å². The minimum atomic E-state index is 0.163. The smallest absolute Gasteiger partial charge is 0.222 e. The lowest BCUT2D eigenvalue weighted by atomic mass is 9.97. The average Bonchev–Trinajstić information content (AvgIpc) is 3.28. The highest BCUT2D eigenvalue weighted by Crippen LogP contribution is 2.36. The number of nitrogens with zero attached hydrogens (tertiary/aromatic N) is 2. The number of carbonyl (C=O) groups excluding carboxylic acids is 1. The van der Waals surface area contributed by atoms with Crippen LogP contribution in [-0.4, -0.2) is 43.1 Å². The number of methoxy groups -OCH3 is 2. The van der Waals surface area contributed by atoms with E-state index in [1.807, 2.05) is 28.5 Å². The Hall–Kier alpha value is -2.28. The monoisotopic (exact) mass is 361 g/mol. The Kier molecular flexibility index (Phi) is 5.43. The van der Waals surface area contributed by atoms with Crippen LogP contribution in [0.1, 0.15) is 30.0 Å². The number of hydrogen-bond donors (Lipinski definition) is 1. The van der Waals surface area contributed by atoms with Crippen LogP contribution in [0.5, 0.6) is 11.5 Å².